The highest BCUT2D eigenvalue weighted by molar-refractivity contribution is 7.89. The van der Waals surface area contributed by atoms with E-state index in [1.54, 1.807) is 37.1 Å². The van der Waals surface area contributed by atoms with Crippen molar-refractivity contribution in [3.05, 3.63) is 48.2 Å². The van der Waals surface area contributed by atoms with Crippen LogP contribution >= 0.6 is 0 Å². The molecule has 1 aromatic carbocycles. The van der Waals surface area contributed by atoms with E-state index in [1.807, 2.05) is 18.2 Å². The van der Waals surface area contributed by atoms with Crippen molar-refractivity contribution in [3.8, 4) is 0 Å². The highest BCUT2D eigenvalue weighted by Gasteiger charge is 2.40. The lowest BCUT2D eigenvalue weighted by molar-refractivity contribution is -0.134. The maximum Gasteiger partial charge on any atom is 0.246 e. The summed E-state index contributed by atoms with van der Waals surface area (Å²) in [6, 6.07) is 9.89. The lowest BCUT2D eigenvalue weighted by Crippen LogP contribution is -2.55. The number of aromatic nitrogens is 1. The molecule has 182 valence electrons. The third kappa shape index (κ3) is 4.39. The van der Waals surface area contributed by atoms with E-state index in [-0.39, 0.29) is 16.7 Å². The zero-order valence-electron chi connectivity index (χ0n) is 19.8. The first-order chi connectivity index (χ1) is 16.3. The first-order valence-corrected chi connectivity index (χ1v) is 13.1. The summed E-state index contributed by atoms with van der Waals surface area (Å²) in [7, 11) is -3.63. The van der Waals surface area contributed by atoms with E-state index in [0.717, 1.165) is 5.82 Å². The fourth-order valence-electron chi connectivity index (χ4n) is 4.80. The lowest BCUT2D eigenvalue weighted by Gasteiger charge is -2.37. The second-order valence-corrected chi connectivity index (χ2v) is 10.4. The average Bonchev–Trinajstić information content (AvgIpc) is 3.24. The Bertz CT molecular complexity index is 1160. The minimum absolute atomic E-state index is 0.111. The molecule has 2 aliphatic rings. The molecule has 0 bridgehead atoms. The van der Waals surface area contributed by atoms with E-state index < -0.39 is 16.1 Å². The molecule has 1 aromatic heterocycles. The van der Waals surface area contributed by atoms with E-state index in [2.05, 4.69) is 9.88 Å². The van der Waals surface area contributed by atoms with Gasteiger partial charge in [0.2, 0.25) is 21.8 Å². The fraction of sp³-hybridized carbons (Fsp3) is 0.458. The number of hydrogen-bond acceptors (Lipinski definition) is 6. The van der Waals surface area contributed by atoms with Crippen LogP contribution in [0.2, 0.25) is 0 Å². The van der Waals surface area contributed by atoms with Crippen molar-refractivity contribution in [2.24, 2.45) is 0 Å². The second-order valence-electron chi connectivity index (χ2n) is 8.49. The lowest BCUT2D eigenvalue weighted by atomic mass is 10.1. The van der Waals surface area contributed by atoms with Gasteiger partial charge in [-0.3, -0.25) is 14.5 Å². The molecule has 0 radical (unpaired) electrons. The van der Waals surface area contributed by atoms with Crippen molar-refractivity contribution in [1.82, 2.24) is 14.2 Å². The van der Waals surface area contributed by atoms with Crippen LogP contribution in [0.4, 0.5) is 11.5 Å². The molecule has 0 spiro atoms. The summed E-state index contributed by atoms with van der Waals surface area (Å²) in [5.74, 6) is 0.541. The van der Waals surface area contributed by atoms with Gasteiger partial charge in [-0.25, -0.2) is 13.4 Å². The Morgan fingerprint density at radius 1 is 1.06 bits per heavy atom. The van der Waals surface area contributed by atoms with Gasteiger partial charge >= 0.3 is 0 Å². The quantitative estimate of drug-likeness (QED) is 0.619. The molecule has 9 nitrogen and oxygen atoms in total. The van der Waals surface area contributed by atoms with Crippen molar-refractivity contribution in [2.75, 3.05) is 49.1 Å². The second kappa shape index (κ2) is 9.71. The van der Waals surface area contributed by atoms with E-state index in [9.17, 15) is 18.0 Å². The molecule has 1 atom stereocenters. The van der Waals surface area contributed by atoms with Crippen LogP contribution in [0.3, 0.4) is 0 Å². The van der Waals surface area contributed by atoms with Crippen molar-refractivity contribution in [2.45, 2.75) is 38.1 Å². The molecule has 1 fully saturated rings. The molecule has 4 rings (SSSR count). The number of carbonyl (C=O) groups is 2. The maximum absolute atomic E-state index is 13.5. The van der Waals surface area contributed by atoms with Gasteiger partial charge in [0, 0.05) is 64.5 Å². The number of carbonyl (C=O) groups excluding carboxylic acids is 2. The van der Waals surface area contributed by atoms with Crippen LogP contribution in [0, 0.1) is 0 Å². The van der Waals surface area contributed by atoms with Gasteiger partial charge in [0.15, 0.2) is 0 Å². The van der Waals surface area contributed by atoms with Crippen molar-refractivity contribution in [3.63, 3.8) is 0 Å². The standard InChI is InChI=1S/C24H31N5O4S/c1-4-28(5-2)34(32,33)20-9-10-21-19(16-20)17-22(29(21)18(3)30)24(31)27-14-12-26(13-15-27)23-8-6-7-11-25-23/h6-11,16,22H,4-5,12-15,17H2,1-3H3/t22-/m0/s1. The largest absolute Gasteiger partial charge is 0.353 e. The molecule has 0 saturated carbocycles. The van der Waals surface area contributed by atoms with Gasteiger partial charge in [-0.2, -0.15) is 4.31 Å². The minimum Gasteiger partial charge on any atom is -0.353 e. The van der Waals surface area contributed by atoms with E-state index in [0.29, 0.717) is 56.9 Å². The molecule has 2 amide bonds. The third-order valence-corrected chi connectivity index (χ3v) is 8.61. The number of fused-ring (bicyclic) bond motifs is 1. The van der Waals surface area contributed by atoms with Crippen LogP contribution in [0.5, 0.6) is 0 Å². The van der Waals surface area contributed by atoms with Crippen LogP contribution in [0.15, 0.2) is 47.5 Å². The molecule has 3 heterocycles. The van der Waals surface area contributed by atoms with Crippen molar-refractivity contribution >= 4 is 33.3 Å². The zero-order chi connectivity index (χ0) is 24.5. The van der Waals surface area contributed by atoms with Crippen LogP contribution in [0.25, 0.3) is 0 Å². The minimum atomic E-state index is -3.63. The number of pyridine rings is 1. The number of rotatable bonds is 6. The number of sulfonamides is 1. The number of amides is 2. The van der Waals surface area contributed by atoms with Crippen molar-refractivity contribution in [1.29, 1.82) is 0 Å². The van der Waals surface area contributed by atoms with Gasteiger partial charge in [0.05, 0.1) is 4.90 Å². The Morgan fingerprint density at radius 2 is 1.76 bits per heavy atom. The molecular weight excluding hydrogens is 454 g/mol. The van der Waals surface area contributed by atoms with Crippen molar-refractivity contribution < 1.29 is 18.0 Å². The van der Waals surface area contributed by atoms with Gasteiger partial charge in [-0.1, -0.05) is 19.9 Å². The predicted octanol–water partition coefficient (Wildman–Crippen LogP) is 1.74. The summed E-state index contributed by atoms with van der Waals surface area (Å²) in [5, 5.41) is 0. The Balaban J connectivity index is 1.53. The van der Waals surface area contributed by atoms with E-state index >= 15 is 0 Å². The number of piperazine rings is 1. The third-order valence-electron chi connectivity index (χ3n) is 6.57. The maximum atomic E-state index is 13.5. The number of nitrogens with zero attached hydrogens (tertiary/aromatic N) is 5. The molecule has 2 aromatic rings. The molecule has 0 unspecified atom stereocenters. The van der Waals surface area contributed by atoms with Gasteiger partial charge < -0.3 is 9.80 Å². The number of benzene rings is 1. The van der Waals surface area contributed by atoms with Crippen LogP contribution in [0.1, 0.15) is 26.3 Å². The molecule has 1 saturated heterocycles. The average molecular weight is 486 g/mol. The SMILES string of the molecule is CCN(CC)S(=O)(=O)c1ccc2c(c1)C[C@@H](C(=O)N1CCN(c3ccccn3)CC1)N2C(C)=O. The van der Waals surface area contributed by atoms with Gasteiger partial charge in [-0.05, 0) is 35.9 Å². The summed E-state index contributed by atoms with van der Waals surface area (Å²) in [4.78, 5) is 36.0. The van der Waals surface area contributed by atoms with Crippen LogP contribution < -0.4 is 9.80 Å². The monoisotopic (exact) mass is 485 g/mol. The number of anilines is 2. The Labute approximate surface area is 201 Å². The molecule has 34 heavy (non-hydrogen) atoms. The first kappa shape index (κ1) is 24.2. The molecule has 0 N–H and O–H groups in total. The first-order valence-electron chi connectivity index (χ1n) is 11.7. The topological polar surface area (TPSA) is 94.1 Å². The highest BCUT2D eigenvalue weighted by Crippen LogP contribution is 2.35. The normalized spacial score (nSPS) is 18.4. The molecule has 0 aliphatic carbocycles. The van der Waals surface area contributed by atoms with Gasteiger partial charge in [0.1, 0.15) is 11.9 Å². The molecule has 10 heteroatoms. The zero-order valence-corrected chi connectivity index (χ0v) is 20.7. The Hall–Kier alpha value is -2.98. The predicted molar refractivity (Wildman–Crippen MR) is 130 cm³/mol. The summed E-state index contributed by atoms with van der Waals surface area (Å²) in [5.41, 5.74) is 1.31. The smallest absolute Gasteiger partial charge is 0.246 e. The van der Waals surface area contributed by atoms with E-state index in [4.69, 9.17) is 0 Å². The summed E-state index contributed by atoms with van der Waals surface area (Å²) < 4.78 is 27.4. The number of hydrogen-bond donors (Lipinski definition) is 0. The Kier molecular flexibility index (Phi) is 6.90. The summed E-state index contributed by atoms with van der Waals surface area (Å²) >= 11 is 0. The Morgan fingerprint density at radius 3 is 2.35 bits per heavy atom. The van der Waals surface area contributed by atoms with Crippen LogP contribution in [-0.4, -0.2) is 79.7 Å². The van der Waals surface area contributed by atoms with Gasteiger partial charge in [0.25, 0.3) is 0 Å². The van der Waals surface area contributed by atoms with Gasteiger partial charge in [-0.15, -0.1) is 0 Å². The highest BCUT2D eigenvalue weighted by atomic mass is 32.2. The molecular formula is C24H31N5O4S. The molecule has 2 aliphatic heterocycles. The summed E-state index contributed by atoms with van der Waals surface area (Å²) in [6.07, 6.45) is 2.05. The fourth-order valence-corrected chi connectivity index (χ4v) is 6.30. The van der Waals surface area contributed by atoms with Crippen LogP contribution in [-0.2, 0) is 26.0 Å². The van der Waals surface area contributed by atoms with E-state index in [1.165, 1.54) is 22.2 Å². The summed E-state index contributed by atoms with van der Waals surface area (Å²) in [6.45, 7) is 8.19.